The molecule has 0 spiro atoms. The molecule has 0 saturated carbocycles. The third-order valence-electron chi connectivity index (χ3n) is 3.59. The van der Waals surface area contributed by atoms with Crippen molar-refractivity contribution in [1.82, 2.24) is 10.3 Å². The third-order valence-corrected chi connectivity index (χ3v) is 4.92. The maximum atomic E-state index is 12.7. The SMILES string of the molecule is COCC(C)(/C=N/OC)NC(=O)C(Oc1ccc2ncc(I)cc2c1)SC. The molecule has 1 N–H and O–H groups in total. The number of rotatable bonds is 9. The predicted octanol–water partition coefficient (Wildman–Crippen LogP) is 3.06. The number of fused-ring (bicyclic) bond motifs is 1. The summed E-state index contributed by atoms with van der Waals surface area (Å²) in [5.41, 5.74) is -0.676. The summed E-state index contributed by atoms with van der Waals surface area (Å²) in [7, 11) is 2.99. The van der Waals surface area contributed by atoms with Crippen molar-refractivity contribution in [1.29, 1.82) is 0 Å². The number of carbonyl (C=O) groups excluding carboxylic acids is 1. The molecule has 27 heavy (non-hydrogen) atoms. The molecule has 146 valence electrons. The van der Waals surface area contributed by atoms with E-state index in [1.807, 2.05) is 24.5 Å². The van der Waals surface area contributed by atoms with Crippen LogP contribution in [0.4, 0.5) is 0 Å². The summed E-state index contributed by atoms with van der Waals surface area (Å²) in [5.74, 6) is 0.310. The summed E-state index contributed by atoms with van der Waals surface area (Å²) in [4.78, 5) is 21.8. The Labute approximate surface area is 176 Å². The van der Waals surface area contributed by atoms with Crippen LogP contribution in [0.1, 0.15) is 6.92 Å². The van der Waals surface area contributed by atoms with Crippen LogP contribution in [0.5, 0.6) is 5.75 Å². The van der Waals surface area contributed by atoms with E-state index in [0.29, 0.717) is 5.75 Å². The Morgan fingerprint density at radius 3 is 2.89 bits per heavy atom. The number of carbonyl (C=O) groups is 1. The second-order valence-corrected chi connectivity index (χ2v) is 8.10. The monoisotopic (exact) mass is 503 g/mol. The minimum atomic E-state index is -0.817. The number of pyridine rings is 1. The van der Waals surface area contributed by atoms with Crippen molar-refractivity contribution in [3.63, 3.8) is 0 Å². The number of nitrogens with zero attached hydrogens (tertiary/aromatic N) is 2. The van der Waals surface area contributed by atoms with Crippen molar-refractivity contribution in [2.45, 2.75) is 17.9 Å². The zero-order valence-corrected chi connectivity index (χ0v) is 18.5. The number of hydrogen-bond donors (Lipinski definition) is 1. The number of thioether (sulfide) groups is 1. The Morgan fingerprint density at radius 1 is 1.44 bits per heavy atom. The van der Waals surface area contributed by atoms with Crippen LogP contribution in [-0.2, 0) is 14.4 Å². The highest BCUT2D eigenvalue weighted by atomic mass is 127. The van der Waals surface area contributed by atoms with Crippen LogP contribution in [0.3, 0.4) is 0 Å². The molecule has 1 aromatic carbocycles. The van der Waals surface area contributed by atoms with Crippen LogP contribution in [-0.4, -0.2) is 55.2 Å². The lowest BCUT2D eigenvalue weighted by Crippen LogP contribution is -2.54. The number of halogens is 1. The summed E-state index contributed by atoms with van der Waals surface area (Å²) in [6, 6.07) is 7.57. The van der Waals surface area contributed by atoms with E-state index in [2.05, 4.69) is 38.0 Å². The summed E-state index contributed by atoms with van der Waals surface area (Å²) in [6.45, 7) is 2.03. The van der Waals surface area contributed by atoms with Gasteiger partial charge in [0.1, 0.15) is 12.9 Å². The number of amides is 1. The molecule has 1 aromatic heterocycles. The van der Waals surface area contributed by atoms with Crippen molar-refractivity contribution in [2.75, 3.05) is 27.1 Å². The third kappa shape index (κ3) is 6.22. The largest absolute Gasteiger partial charge is 0.470 e. The lowest BCUT2D eigenvalue weighted by atomic mass is 10.1. The fourth-order valence-electron chi connectivity index (χ4n) is 2.40. The summed E-state index contributed by atoms with van der Waals surface area (Å²) in [5, 5.41) is 7.60. The average molecular weight is 503 g/mol. The molecule has 0 fully saturated rings. The molecule has 1 amide bonds. The van der Waals surface area contributed by atoms with E-state index in [1.54, 1.807) is 26.3 Å². The zero-order chi connectivity index (χ0) is 19.9. The maximum absolute atomic E-state index is 12.7. The van der Waals surface area contributed by atoms with Gasteiger partial charge in [0.05, 0.1) is 23.9 Å². The van der Waals surface area contributed by atoms with Gasteiger partial charge >= 0.3 is 0 Å². The Morgan fingerprint density at radius 2 is 2.22 bits per heavy atom. The second kappa shape index (κ2) is 10.1. The van der Waals surface area contributed by atoms with E-state index in [1.165, 1.54) is 25.1 Å². The fourth-order valence-corrected chi connectivity index (χ4v) is 3.36. The predicted molar refractivity (Wildman–Crippen MR) is 116 cm³/mol. The van der Waals surface area contributed by atoms with Gasteiger partial charge in [0.15, 0.2) is 0 Å². The Hall–Kier alpha value is -1.59. The maximum Gasteiger partial charge on any atom is 0.272 e. The number of benzene rings is 1. The molecular weight excluding hydrogens is 481 g/mol. The van der Waals surface area contributed by atoms with Crippen molar-refractivity contribution in [3.05, 3.63) is 34.0 Å². The quantitative estimate of drug-likeness (QED) is 0.245. The number of aromatic nitrogens is 1. The van der Waals surface area contributed by atoms with E-state index < -0.39 is 11.0 Å². The van der Waals surface area contributed by atoms with Crippen LogP contribution < -0.4 is 10.1 Å². The van der Waals surface area contributed by atoms with Gasteiger partial charge < -0.3 is 19.6 Å². The van der Waals surface area contributed by atoms with Crippen molar-refractivity contribution >= 4 is 57.4 Å². The molecular formula is C18H22IN3O4S. The summed E-state index contributed by atoms with van der Waals surface area (Å²) in [6.07, 6.45) is 5.11. The minimum Gasteiger partial charge on any atom is -0.470 e. The van der Waals surface area contributed by atoms with Gasteiger partial charge in [0.2, 0.25) is 5.44 Å². The van der Waals surface area contributed by atoms with Crippen LogP contribution in [0.15, 0.2) is 35.6 Å². The highest BCUT2D eigenvalue weighted by molar-refractivity contribution is 14.1. The molecule has 0 aliphatic rings. The summed E-state index contributed by atoms with van der Waals surface area (Å²) >= 11 is 3.51. The first kappa shape index (κ1) is 21.7. The molecule has 2 rings (SSSR count). The van der Waals surface area contributed by atoms with Gasteiger partial charge in [-0.3, -0.25) is 9.78 Å². The topological polar surface area (TPSA) is 82.0 Å². The molecule has 7 nitrogen and oxygen atoms in total. The molecule has 2 atom stereocenters. The number of methoxy groups -OCH3 is 1. The molecule has 0 radical (unpaired) electrons. The number of hydrogen-bond acceptors (Lipinski definition) is 7. The van der Waals surface area contributed by atoms with Crippen molar-refractivity contribution in [2.24, 2.45) is 5.16 Å². The molecule has 0 saturated heterocycles. The molecule has 1 heterocycles. The lowest BCUT2D eigenvalue weighted by Gasteiger charge is -2.27. The van der Waals surface area contributed by atoms with E-state index >= 15 is 0 Å². The number of nitrogens with one attached hydrogen (secondary N) is 1. The van der Waals surface area contributed by atoms with Crippen LogP contribution in [0.25, 0.3) is 10.9 Å². The zero-order valence-electron chi connectivity index (χ0n) is 15.6. The standard InChI is InChI=1S/C18H22IN3O4S/c1-18(11-24-2,10-21-25-3)22-16(23)17(27-4)26-14-5-6-15-12(8-14)7-13(19)9-20-15/h5-10,17H,11H2,1-4H3,(H,22,23)/b21-10+. The molecule has 0 aliphatic carbocycles. The first-order chi connectivity index (χ1) is 12.9. The Balaban J connectivity index is 2.15. The van der Waals surface area contributed by atoms with Gasteiger partial charge in [-0.15, -0.1) is 11.8 Å². The van der Waals surface area contributed by atoms with E-state index in [9.17, 15) is 4.79 Å². The Bertz CT molecular complexity index is 820. The van der Waals surface area contributed by atoms with E-state index in [4.69, 9.17) is 14.3 Å². The van der Waals surface area contributed by atoms with Crippen LogP contribution in [0, 0.1) is 3.57 Å². The van der Waals surface area contributed by atoms with Gasteiger partial charge in [-0.2, -0.15) is 0 Å². The molecule has 0 bridgehead atoms. The minimum absolute atomic E-state index is 0.243. The second-order valence-electron chi connectivity index (χ2n) is 5.95. The first-order valence-electron chi connectivity index (χ1n) is 8.04. The smallest absolute Gasteiger partial charge is 0.272 e. The average Bonchev–Trinajstić information content (AvgIpc) is 2.64. The van der Waals surface area contributed by atoms with Crippen LogP contribution in [0.2, 0.25) is 0 Å². The molecule has 2 unspecified atom stereocenters. The van der Waals surface area contributed by atoms with Gasteiger partial charge in [-0.25, -0.2) is 0 Å². The molecule has 9 heteroatoms. The molecule has 0 aliphatic heterocycles. The van der Waals surface area contributed by atoms with Gasteiger partial charge in [0, 0.05) is 22.3 Å². The number of oxime groups is 1. The normalized spacial score (nSPS) is 14.7. The highest BCUT2D eigenvalue weighted by Gasteiger charge is 2.29. The fraction of sp³-hybridized carbons (Fsp3) is 0.389. The van der Waals surface area contributed by atoms with E-state index in [-0.39, 0.29) is 12.5 Å². The highest BCUT2D eigenvalue weighted by Crippen LogP contribution is 2.24. The Kier molecular flexibility index (Phi) is 8.11. The van der Waals surface area contributed by atoms with Gasteiger partial charge in [-0.05, 0) is 60.0 Å². The summed E-state index contributed by atoms with van der Waals surface area (Å²) < 4.78 is 12.1. The number of ether oxygens (including phenoxy) is 2. The molecule has 2 aromatic rings. The van der Waals surface area contributed by atoms with Gasteiger partial charge in [0.25, 0.3) is 5.91 Å². The van der Waals surface area contributed by atoms with Crippen molar-refractivity contribution in [3.8, 4) is 5.75 Å². The van der Waals surface area contributed by atoms with Crippen LogP contribution >= 0.6 is 34.4 Å². The first-order valence-corrected chi connectivity index (χ1v) is 10.4. The van der Waals surface area contributed by atoms with E-state index in [0.717, 1.165) is 14.5 Å². The lowest BCUT2D eigenvalue weighted by molar-refractivity contribution is -0.126. The van der Waals surface area contributed by atoms with Gasteiger partial charge in [-0.1, -0.05) is 5.16 Å². The van der Waals surface area contributed by atoms with Crippen molar-refractivity contribution < 1.29 is 19.1 Å².